The minimum absolute atomic E-state index is 0.0160. The van der Waals surface area contributed by atoms with E-state index in [2.05, 4.69) is 48.0 Å². The van der Waals surface area contributed by atoms with Crippen LogP contribution in [0.5, 0.6) is 11.5 Å². The number of aromatic nitrogens is 4. The molecule has 4 heterocycles. The summed E-state index contributed by atoms with van der Waals surface area (Å²) in [4.78, 5) is 101. The predicted octanol–water partition coefficient (Wildman–Crippen LogP) is 9.78. The Morgan fingerprint density at radius 2 is 1.47 bits per heavy atom. The lowest BCUT2D eigenvalue weighted by Crippen LogP contribution is -2.64. The fourth-order valence-electron chi connectivity index (χ4n) is 11.0. The number of fused-ring (bicyclic) bond motifs is 4. The maximum Gasteiger partial charge on any atom is 0.407 e. The van der Waals surface area contributed by atoms with Gasteiger partial charge in [0.25, 0.3) is 0 Å². The highest BCUT2D eigenvalue weighted by molar-refractivity contribution is 7.22. The van der Waals surface area contributed by atoms with E-state index in [0.29, 0.717) is 50.9 Å². The number of carbonyl (C=O) groups is 7. The standard InChI is InChI=1S/C69H68FN9O16S2/c1-38-33-56(76-77-63(38)75-67-73-50-22-13-14-23-54(50)96-67)78(5)68-74-58(64(84)85)55(97-68)24-16-32-89-52-27-25-42(34-49(52)70)17-15-31-79(6,7)36-43-26-28-53(94-66-62(93-41(4)82)60(92-40(3)81)59(91-39(2)80)61(95-66)65(86)88-8)51(35-43)72-57(83)29-30-71-69(87)90-37-48-46-20-11-9-18-44(46)45-19-10-12-21-47(45)48/h9-14,18-23,25-28,33-35,48,59-62,66H,16,24,29-32,36-37H2,1-8H3,(H3-,71,72,73,75,77,83,84,85,87)/p+1/t59-,60-,61-,62+,66+/m0/s1. The summed E-state index contributed by atoms with van der Waals surface area (Å²) >= 11 is 2.69. The van der Waals surface area contributed by atoms with Crippen LogP contribution in [0.3, 0.4) is 0 Å². The molecule has 0 unspecified atom stereocenters. The molecule has 504 valence electrons. The second-order valence-corrected chi connectivity index (χ2v) is 25.4. The molecule has 2 aliphatic rings. The normalized spacial score (nSPS) is 16.3. The molecule has 0 saturated carbocycles. The summed E-state index contributed by atoms with van der Waals surface area (Å²) in [6.45, 7) is 5.56. The van der Waals surface area contributed by atoms with Crippen LogP contribution in [0.25, 0.3) is 21.3 Å². The Hall–Kier alpha value is -10.6. The third-order valence-corrected chi connectivity index (χ3v) is 17.6. The Labute approximate surface area is 564 Å². The van der Waals surface area contributed by atoms with E-state index in [-0.39, 0.29) is 72.4 Å². The molecular weight excluding hydrogens is 1290 g/mol. The molecule has 0 bridgehead atoms. The quantitative estimate of drug-likeness (QED) is 0.0136. The van der Waals surface area contributed by atoms with Crippen LogP contribution < -0.4 is 30.3 Å². The first kappa shape index (κ1) is 69.2. The molecule has 0 spiro atoms. The number of carboxylic acids is 1. The second kappa shape index (κ2) is 30.9. The number of rotatable bonds is 25. The molecule has 4 N–H and O–H groups in total. The zero-order chi connectivity index (χ0) is 69.1. The number of benzene rings is 5. The van der Waals surface area contributed by atoms with Gasteiger partial charge in [0.2, 0.25) is 18.3 Å². The maximum atomic E-state index is 15.6. The smallest absolute Gasteiger partial charge is 0.407 e. The minimum atomic E-state index is -1.77. The summed E-state index contributed by atoms with van der Waals surface area (Å²) in [5.74, 6) is 0.668. The highest BCUT2D eigenvalue weighted by Crippen LogP contribution is 2.45. The first-order valence-corrected chi connectivity index (χ1v) is 32.2. The van der Waals surface area contributed by atoms with Crippen LogP contribution in [-0.4, -0.2) is 157 Å². The molecule has 8 aromatic rings. The van der Waals surface area contributed by atoms with Crippen LogP contribution in [0.2, 0.25) is 0 Å². The van der Waals surface area contributed by atoms with Crippen molar-refractivity contribution in [1.82, 2.24) is 25.5 Å². The SMILES string of the molecule is COC(=O)[C@H]1O[C@@H](Oc2ccc(C[N+](C)(C)CC#Cc3ccc(OCCCc4sc(N(C)c5cc(C)c(Nc6nc7ccccc7s6)nn5)nc4C(=O)O)c(F)c3)cc2NC(=O)CCNC(=O)OCC2c3ccccc3-c3ccccc32)[C@H](OC(C)=O)[C@@H](OC(C)=O)[C@@H]1OC(C)=O. The number of esters is 4. The largest absolute Gasteiger partial charge is 0.491 e. The average Bonchev–Trinajstić information content (AvgIpc) is 1.75. The Morgan fingerprint density at radius 1 is 0.794 bits per heavy atom. The van der Waals surface area contributed by atoms with E-state index in [1.807, 2.05) is 99.9 Å². The second-order valence-electron chi connectivity index (χ2n) is 23.3. The number of ether oxygens (including phenoxy) is 8. The minimum Gasteiger partial charge on any atom is -0.491 e. The molecule has 1 saturated heterocycles. The summed E-state index contributed by atoms with van der Waals surface area (Å²) in [5.41, 5.74) is 6.81. The number of para-hydroxylation sites is 1. The molecule has 5 atom stereocenters. The lowest BCUT2D eigenvalue weighted by Gasteiger charge is -2.43. The van der Waals surface area contributed by atoms with Crippen molar-refractivity contribution in [3.63, 3.8) is 0 Å². The monoisotopic (exact) mass is 1360 g/mol. The van der Waals surface area contributed by atoms with Gasteiger partial charge in [-0.25, -0.2) is 28.7 Å². The molecule has 5 aromatic carbocycles. The summed E-state index contributed by atoms with van der Waals surface area (Å²) in [7, 11) is 6.57. The van der Waals surface area contributed by atoms with Crippen LogP contribution in [0.4, 0.5) is 36.8 Å². The summed E-state index contributed by atoms with van der Waals surface area (Å²) in [6, 6.07) is 34.5. The van der Waals surface area contributed by atoms with Crippen LogP contribution in [0.15, 0.2) is 115 Å². The Bertz CT molecular complexity index is 4280. The number of nitrogens with one attached hydrogen (secondary N) is 3. The number of nitrogens with zero attached hydrogens (tertiary/aromatic N) is 6. The van der Waals surface area contributed by atoms with Gasteiger partial charge in [0, 0.05) is 62.7 Å². The molecule has 2 amide bonds. The van der Waals surface area contributed by atoms with Gasteiger partial charge < -0.3 is 68.3 Å². The van der Waals surface area contributed by atoms with Gasteiger partial charge in [-0.15, -0.1) is 21.5 Å². The number of anilines is 5. The van der Waals surface area contributed by atoms with Gasteiger partial charge in [0.1, 0.15) is 25.4 Å². The topological polar surface area (TPSA) is 304 Å². The number of quaternary nitrogens is 1. The number of hydrogen-bond donors (Lipinski definition) is 4. The molecule has 28 heteroatoms. The van der Waals surface area contributed by atoms with Gasteiger partial charge >= 0.3 is 35.9 Å². The molecule has 3 aromatic heterocycles. The van der Waals surface area contributed by atoms with Crippen LogP contribution >= 0.6 is 22.7 Å². The molecule has 1 fully saturated rings. The van der Waals surface area contributed by atoms with Crippen molar-refractivity contribution < 1.29 is 85.4 Å². The molecule has 1 aliphatic carbocycles. The van der Waals surface area contributed by atoms with Crippen molar-refractivity contribution in [1.29, 1.82) is 0 Å². The number of aryl methyl sites for hydroxylation is 2. The van der Waals surface area contributed by atoms with Gasteiger partial charge in [-0.1, -0.05) is 77.9 Å². The van der Waals surface area contributed by atoms with Gasteiger partial charge in [0.05, 0.1) is 43.7 Å². The van der Waals surface area contributed by atoms with Crippen molar-refractivity contribution in [2.24, 2.45) is 0 Å². The van der Waals surface area contributed by atoms with Gasteiger partial charge in [-0.05, 0) is 108 Å². The number of thiazole rings is 2. The van der Waals surface area contributed by atoms with E-state index in [1.165, 1.54) is 40.9 Å². The van der Waals surface area contributed by atoms with Crippen molar-refractivity contribution in [2.75, 3.05) is 70.1 Å². The summed E-state index contributed by atoms with van der Waals surface area (Å²) in [5, 5.41) is 28.6. The lowest BCUT2D eigenvalue weighted by molar-refractivity contribution is -0.896. The number of alkyl carbamates (subject to hydrolysis) is 1. The number of carbonyl (C=O) groups excluding carboxylic acids is 6. The predicted molar refractivity (Wildman–Crippen MR) is 355 cm³/mol. The fourth-order valence-corrected chi connectivity index (χ4v) is 13.0. The number of halogens is 1. The Balaban J connectivity index is 0.778. The third kappa shape index (κ3) is 17.3. The van der Waals surface area contributed by atoms with Crippen molar-refractivity contribution >= 4 is 102 Å². The Kier molecular flexibility index (Phi) is 22.0. The molecular formula is C69H69FN9O16S2+. The zero-order valence-electron chi connectivity index (χ0n) is 54.0. The summed E-state index contributed by atoms with van der Waals surface area (Å²) < 4.78 is 62.2. The number of methoxy groups -OCH3 is 1. The van der Waals surface area contributed by atoms with Crippen LogP contribution in [-0.2, 0) is 65.4 Å². The van der Waals surface area contributed by atoms with Crippen LogP contribution in [0, 0.1) is 24.6 Å². The number of amides is 2. The molecule has 10 rings (SSSR count). The Morgan fingerprint density at radius 3 is 2.15 bits per heavy atom. The lowest BCUT2D eigenvalue weighted by atomic mass is 9.97. The van der Waals surface area contributed by atoms with E-state index >= 15 is 4.39 Å². The van der Waals surface area contributed by atoms with Crippen molar-refractivity contribution in [3.8, 4) is 34.5 Å². The van der Waals surface area contributed by atoms with Gasteiger partial charge in [-0.3, -0.25) is 19.2 Å². The van der Waals surface area contributed by atoms with E-state index in [9.17, 15) is 38.7 Å². The van der Waals surface area contributed by atoms with E-state index in [4.69, 9.17) is 37.9 Å². The third-order valence-electron chi connectivity index (χ3n) is 15.5. The molecule has 25 nitrogen and oxygen atoms in total. The van der Waals surface area contributed by atoms with Crippen molar-refractivity contribution in [3.05, 3.63) is 159 Å². The molecule has 0 radical (unpaired) electrons. The first-order chi connectivity index (χ1) is 46.5. The van der Waals surface area contributed by atoms with Gasteiger partial charge in [-0.2, -0.15) is 0 Å². The zero-order valence-corrected chi connectivity index (χ0v) is 55.7. The molecule has 1 aliphatic heterocycles. The number of aromatic carboxylic acids is 1. The molecule has 97 heavy (non-hydrogen) atoms. The highest BCUT2D eigenvalue weighted by Gasteiger charge is 2.56. The average molecular weight is 1360 g/mol. The number of hydrogen-bond acceptors (Lipinski definition) is 23. The van der Waals surface area contributed by atoms with E-state index in [1.54, 1.807) is 30.1 Å². The summed E-state index contributed by atoms with van der Waals surface area (Å²) in [6.07, 6.45) is -8.90. The van der Waals surface area contributed by atoms with E-state index in [0.717, 1.165) is 65.9 Å². The van der Waals surface area contributed by atoms with Crippen molar-refractivity contribution in [2.45, 2.75) is 90.1 Å². The van der Waals surface area contributed by atoms with Gasteiger partial charge in [0.15, 0.2) is 57.5 Å². The highest BCUT2D eigenvalue weighted by atomic mass is 32.1. The first-order valence-electron chi connectivity index (χ1n) is 30.6. The maximum absolute atomic E-state index is 15.6. The number of carboxylic acid groups (broad SMARTS) is 1. The fraction of sp³-hybridized carbons (Fsp3) is 0.319. The van der Waals surface area contributed by atoms with E-state index < -0.39 is 78.4 Å². The van der Waals surface area contributed by atoms with Crippen LogP contribution in [0.1, 0.15) is 82.7 Å².